The van der Waals surface area contributed by atoms with E-state index in [0.29, 0.717) is 28.4 Å². The fraction of sp³-hybridized carbons (Fsp3) is 0.222. The Morgan fingerprint density at radius 3 is 1.75 bits per heavy atom. The fourth-order valence-corrected chi connectivity index (χ4v) is 2.26. The highest BCUT2D eigenvalue weighted by molar-refractivity contribution is 6.05. The Bertz CT molecular complexity index is 729. The topological polar surface area (TPSA) is 76.7 Å². The van der Waals surface area contributed by atoms with Gasteiger partial charge in [-0.05, 0) is 43.3 Å². The second-order valence-corrected chi connectivity index (χ2v) is 5.22. The molecule has 2 aromatic rings. The van der Waals surface area contributed by atoms with Crippen LogP contribution in [0.1, 0.15) is 22.8 Å². The van der Waals surface area contributed by atoms with Gasteiger partial charge in [0.25, 0.3) is 5.91 Å². The number of hydrogen-bond donors (Lipinski definition) is 2. The monoisotopic (exact) mass is 328 g/mol. The molecular formula is C18H20N2O4. The maximum Gasteiger partial charge on any atom is 0.255 e. The van der Waals surface area contributed by atoms with Gasteiger partial charge in [-0.1, -0.05) is 0 Å². The zero-order chi connectivity index (χ0) is 17.7. The molecular weight excluding hydrogens is 308 g/mol. The quantitative estimate of drug-likeness (QED) is 0.883. The van der Waals surface area contributed by atoms with Crippen LogP contribution in [0.5, 0.6) is 11.5 Å². The van der Waals surface area contributed by atoms with Crippen molar-refractivity contribution in [2.45, 2.75) is 13.8 Å². The van der Waals surface area contributed by atoms with Crippen LogP contribution in [0, 0.1) is 6.92 Å². The molecule has 0 aliphatic rings. The van der Waals surface area contributed by atoms with Crippen LogP contribution in [0.25, 0.3) is 0 Å². The van der Waals surface area contributed by atoms with Gasteiger partial charge < -0.3 is 20.1 Å². The molecule has 2 aromatic carbocycles. The predicted molar refractivity (Wildman–Crippen MR) is 93.0 cm³/mol. The maximum atomic E-state index is 12.4. The average molecular weight is 328 g/mol. The van der Waals surface area contributed by atoms with E-state index >= 15 is 0 Å². The van der Waals surface area contributed by atoms with E-state index in [-0.39, 0.29) is 11.8 Å². The summed E-state index contributed by atoms with van der Waals surface area (Å²) in [5.41, 5.74) is 2.54. The van der Waals surface area contributed by atoms with Crippen molar-refractivity contribution in [2.24, 2.45) is 0 Å². The summed E-state index contributed by atoms with van der Waals surface area (Å²) in [6.07, 6.45) is 0. The van der Waals surface area contributed by atoms with E-state index in [1.165, 1.54) is 6.92 Å². The molecule has 126 valence electrons. The molecule has 6 heteroatoms. The molecule has 0 saturated carbocycles. The predicted octanol–water partition coefficient (Wildman–Crippen LogP) is 3.22. The lowest BCUT2D eigenvalue weighted by molar-refractivity contribution is -0.114. The van der Waals surface area contributed by atoms with Crippen molar-refractivity contribution in [1.82, 2.24) is 0 Å². The standard InChI is InChI=1S/C18H20N2O4/c1-11-16(23-3)9-13(10-17(11)24-4)18(22)20-15-7-5-14(6-8-15)19-12(2)21/h5-10H,1-4H3,(H,19,21)(H,20,22). The highest BCUT2D eigenvalue weighted by atomic mass is 16.5. The van der Waals surface area contributed by atoms with Crippen molar-refractivity contribution in [2.75, 3.05) is 24.9 Å². The smallest absolute Gasteiger partial charge is 0.255 e. The lowest BCUT2D eigenvalue weighted by Crippen LogP contribution is -2.13. The van der Waals surface area contributed by atoms with Crippen molar-refractivity contribution in [1.29, 1.82) is 0 Å². The number of amides is 2. The van der Waals surface area contributed by atoms with E-state index in [4.69, 9.17) is 9.47 Å². The summed E-state index contributed by atoms with van der Waals surface area (Å²) in [6, 6.07) is 10.2. The van der Waals surface area contributed by atoms with Crippen molar-refractivity contribution >= 4 is 23.2 Å². The maximum absolute atomic E-state index is 12.4. The molecule has 6 nitrogen and oxygen atoms in total. The van der Waals surface area contributed by atoms with Crippen LogP contribution in [0.4, 0.5) is 11.4 Å². The van der Waals surface area contributed by atoms with E-state index in [1.807, 2.05) is 6.92 Å². The molecule has 0 aliphatic heterocycles. The third-order valence-electron chi connectivity index (χ3n) is 3.48. The highest BCUT2D eigenvalue weighted by Crippen LogP contribution is 2.29. The van der Waals surface area contributed by atoms with Crippen molar-refractivity contribution in [3.8, 4) is 11.5 Å². The summed E-state index contributed by atoms with van der Waals surface area (Å²) >= 11 is 0. The van der Waals surface area contributed by atoms with Crippen molar-refractivity contribution in [3.05, 3.63) is 47.5 Å². The van der Waals surface area contributed by atoms with Crippen molar-refractivity contribution < 1.29 is 19.1 Å². The molecule has 0 atom stereocenters. The minimum atomic E-state index is -0.279. The number of methoxy groups -OCH3 is 2. The molecule has 0 unspecified atom stereocenters. The zero-order valence-corrected chi connectivity index (χ0v) is 14.1. The van der Waals surface area contributed by atoms with Crippen molar-refractivity contribution in [3.63, 3.8) is 0 Å². The third kappa shape index (κ3) is 4.04. The van der Waals surface area contributed by atoms with E-state index in [1.54, 1.807) is 50.6 Å². The van der Waals surface area contributed by atoms with Crippen LogP contribution in [0.2, 0.25) is 0 Å². The van der Waals surface area contributed by atoms with Crippen LogP contribution < -0.4 is 20.1 Å². The van der Waals surface area contributed by atoms with Gasteiger partial charge in [-0.3, -0.25) is 9.59 Å². The molecule has 24 heavy (non-hydrogen) atoms. The van der Waals surface area contributed by atoms with Gasteiger partial charge in [0.1, 0.15) is 11.5 Å². The Balaban J connectivity index is 2.19. The lowest BCUT2D eigenvalue weighted by atomic mass is 10.1. The molecule has 2 rings (SSSR count). The largest absolute Gasteiger partial charge is 0.496 e. The number of carbonyl (C=O) groups is 2. The number of carbonyl (C=O) groups excluding carboxylic acids is 2. The van der Waals surface area contributed by atoms with E-state index in [0.717, 1.165) is 5.56 Å². The van der Waals surface area contributed by atoms with Crippen LogP contribution in [0.15, 0.2) is 36.4 Å². The van der Waals surface area contributed by atoms with Gasteiger partial charge in [0, 0.05) is 29.4 Å². The second-order valence-electron chi connectivity index (χ2n) is 5.22. The van der Waals surface area contributed by atoms with Gasteiger partial charge in [0.05, 0.1) is 14.2 Å². The normalized spacial score (nSPS) is 10.0. The summed E-state index contributed by atoms with van der Waals surface area (Å²) in [5.74, 6) is 0.741. The van der Waals surface area contributed by atoms with Crippen LogP contribution in [-0.4, -0.2) is 26.0 Å². The number of hydrogen-bond acceptors (Lipinski definition) is 4. The molecule has 0 aliphatic carbocycles. The first kappa shape index (κ1) is 17.3. The Morgan fingerprint density at radius 2 is 1.33 bits per heavy atom. The third-order valence-corrected chi connectivity index (χ3v) is 3.48. The van der Waals surface area contributed by atoms with Crippen LogP contribution in [0.3, 0.4) is 0 Å². The number of nitrogens with one attached hydrogen (secondary N) is 2. The molecule has 0 spiro atoms. The highest BCUT2D eigenvalue weighted by Gasteiger charge is 2.13. The Labute approximate surface area is 140 Å². The summed E-state index contributed by atoms with van der Waals surface area (Å²) < 4.78 is 10.6. The summed E-state index contributed by atoms with van der Waals surface area (Å²) in [7, 11) is 3.09. The molecule has 2 amide bonds. The van der Waals surface area contributed by atoms with Gasteiger partial charge in [-0.25, -0.2) is 0 Å². The van der Waals surface area contributed by atoms with E-state index in [9.17, 15) is 9.59 Å². The van der Waals surface area contributed by atoms with Gasteiger partial charge in [-0.15, -0.1) is 0 Å². The van der Waals surface area contributed by atoms with Gasteiger partial charge in [0.2, 0.25) is 5.91 Å². The Morgan fingerprint density at radius 1 is 0.875 bits per heavy atom. The van der Waals surface area contributed by atoms with Gasteiger partial charge >= 0.3 is 0 Å². The van der Waals surface area contributed by atoms with Crippen LogP contribution >= 0.6 is 0 Å². The average Bonchev–Trinajstić information content (AvgIpc) is 2.56. The zero-order valence-electron chi connectivity index (χ0n) is 14.1. The number of benzene rings is 2. The van der Waals surface area contributed by atoms with Gasteiger partial charge in [0.15, 0.2) is 0 Å². The minimum Gasteiger partial charge on any atom is -0.496 e. The summed E-state index contributed by atoms with van der Waals surface area (Å²) in [4.78, 5) is 23.4. The van der Waals surface area contributed by atoms with Gasteiger partial charge in [-0.2, -0.15) is 0 Å². The number of rotatable bonds is 5. The fourth-order valence-electron chi connectivity index (χ4n) is 2.26. The first-order chi connectivity index (χ1) is 11.4. The van der Waals surface area contributed by atoms with Crippen LogP contribution in [-0.2, 0) is 4.79 Å². The number of anilines is 2. The second kappa shape index (κ2) is 7.50. The number of ether oxygens (including phenoxy) is 2. The first-order valence-corrected chi connectivity index (χ1v) is 7.36. The first-order valence-electron chi connectivity index (χ1n) is 7.36. The van der Waals surface area contributed by atoms with E-state index in [2.05, 4.69) is 10.6 Å². The Hall–Kier alpha value is -3.02. The molecule has 0 heterocycles. The molecule has 0 aromatic heterocycles. The minimum absolute atomic E-state index is 0.148. The summed E-state index contributed by atoms with van der Waals surface area (Å²) in [6.45, 7) is 3.30. The molecule has 0 radical (unpaired) electrons. The molecule has 0 saturated heterocycles. The molecule has 2 N–H and O–H groups in total. The lowest BCUT2D eigenvalue weighted by Gasteiger charge is -2.13. The SMILES string of the molecule is COc1cc(C(=O)Nc2ccc(NC(C)=O)cc2)cc(OC)c1C. The molecule has 0 fully saturated rings. The molecule has 0 bridgehead atoms. The Kier molecular flexibility index (Phi) is 5.42. The van der Waals surface area contributed by atoms with E-state index < -0.39 is 0 Å². The summed E-state index contributed by atoms with van der Waals surface area (Å²) in [5, 5.41) is 5.47.